The maximum absolute atomic E-state index is 10.8. The molecule has 2 aromatic carbocycles. The third kappa shape index (κ3) is 5.25. The fraction of sp³-hybridized carbons (Fsp3) is 0.118. The molecule has 0 unspecified atom stereocenters. The smallest absolute Gasteiger partial charge is 0.186 e. The highest BCUT2D eigenvalue weighted by Crippen LogP contribution is 2.22. The molecule has 0 radical (unpaired) electrons. The summed E-state index contributed by atoms with van der Waals surface area (Å²) >= 11 is 1.21. The van der Waals surface area contributed by atoms with E-state index < -0.39 is 0 Å². The Hall–Kier alpha value is -2.38. The lowest BCUT2D eigenvalue weighted by Gasteiger charge is -2.05. The molecule has 0 saturated heterocycles. The van der Waals surface area contributed by atoms with Crippen LogP contribution >= 0.6 is 11.8 Å². The van der Waals surface area contributed by atoms with Crippen LogP contribution in [0.15, 0.2) is 48.5 Å². The van der Waals surface area contributed by atoms with Crippen LogP contribution in [0.1, 0.15) is 12.5 Å². The van der Waals surface area contributed by atoms with Gasteiger partial charge in [0.2, 0.25) is 0 Å². The molecule has 4 heteroatoms. The average Bonchev–Trinajstić information content (AvgIpc) is 2.47. The third-order valence-corrected chi connectivity index (χ3v) is 3.25. The normalized spacial score (nSPS) is 9.57. The van der Waals surface area contributed by atoms with Gasteiger partial charge in [-0.2, -0.15) is 0 Å². The molecule has 21 heavy (non-hydrogen) atoms. The highest BCUT2D eigenvalue weighted by atomic mass is 32.2. The first-order valence-corrected chi connectivity index (χ1v) is 7.38. The molecular formula is C17H15NO2S. The van der Waals surface area contributed by atoms with E-state index in [1.807, 2.05) is 36.4 Å². The maximum atomic E-state index is 10.8. The number of nitrogens with two attached hydrogens (primary N) is 1. The molecule has 0 bridgehead atoms. The van der Waals surface area contributed by atoms with Crippen LogP contribution in [-0.4, -0.2) is 10.9 Å². The van der Waals surface area contributed by atoms with Crippen LogP contribution < -0.4 is 10.5 Å². The van der Waals surface area contributed by atoms with E-state index in [1.165, 1.54) is 18.7 Å². The second-order valence-electron chi connectivity index (χ2n) is 4.28. The van der Waals surface area contributed by atoms with Gasteiger partial charge in [0.25, 0.3) is 0 Å². The first-order chi connectivity index (χ1) is 10.1. The molecule has 0 aliphatic rings. The Balaban J connectivity index is 1.95. The van der Waals surface area contributed by atoms with Gasteiger partial charge >= 0.3 is 0 Å². The first-order valence-electron chi connectivity index (χ1n) is 6.39. The Morgan fingerprint density at radius 1 is 1.10 bits per heavy atom. The molecule has 0 atom stereocenters. The van der Waals surface area contributed by atoms with E-state index in [0.29, 0.717) is 11.4 Å². The van der Waals surface area contributed by atoms with Gasteiger partial charge < -0.3 is 10.5 Å². The fourth-order valence-electron chi connectivity index (χ4n) is 1.55. The molecular weight excluding hydrogens is 282 g/mol. The number of thioether (sulfide) groups is 1. The highest BCUT2D eigenvalue weighted by Gasteiger charge is 1.97. The SMILES string of the molecule is CC(=O)SCC#Cc1ccc(Oc2ccc(N)cc2)cc1. The van der Waals surface area contributed by atoms with Crippen molar-refractivity contribution in [2.24, 2.45) is 0 Å². The van der Waals surface area contributed by atoms with Gasteiger partial charge in [-0.3, -0.25) is 4.79 Å². The summed E-state index contributed by atoms with van der Waals surface area (Å²) in [6.07, 6.45) is 0. The summed E-state index contributed by atoms with van der Waals surface area (Å²) in [5.41, 5.74) is 7.22. The molecule has 0 aromatic heterocycles. The van der Waals surface area contributed by atoms with Crippen molar-refractivity contribution < 1.29 is 9.53 Å². The summed E-state index contributed by atoms with van der Waals surface area (Å²) < 4.78 is 5.69. The number of carbonyl (C=O) groups excluding carboxylic acids is 1. The molecule has 2 aromatic rings. The molecule has 0 amide bonds. The van der Waals surface area contributed by atoms with Crippen molar-refractivity contribution in [2.45, 2.75) is 6.92 Å². The second-order valence-corrected chi connectivity index (χ2v) is 5.43. The van der Waals surface area contributed by atoms with Crippen LogP contribution in [0.5, 0.6) is 11.5 Å². The average molecular weight is 297 g/mol. The fourth-order valence-corrected chi connectivity index (χ4v) is 1.90. The summed E-state index contributed by atoms with van der Waals surface area (Å²) in [5, 5.41) is 0.0801. The van der Waals surface area contributed by atoms with E-state index in [4.69, 9.17) is 10.5 Å². The van der Waals surface area contributed by atoms with Crippen molar-refractivity contribution >= 4 is 22.6 Å². The largest absolute Gasteiger partial charge is 0.457 e. The number of hydrogen-bond acceptors (Lipinski definition) is 4. The van der Waals surface area contributed by atoms with E-state index >= 15 is 0 Å². The van der Waals surface area contributed by atoms with Crippen molar-refractivity contribution in [2.75, 3.05) is 11.5 Å². The van der Waals surface area contributed by atoms with Crippen LogP contribution in [0, 0.1) is 11.8 Å². The number of ether oxygens (including phenoxy) is 1. The molecule has 3 nitrogen and oxygen atoms in total. The first kappa shape index (κ1) is 15.0. The van der Waals surface area contributed by atoms with Crippen LogP contribution in [0.25, 0.3) is 0 Å². The number of rotatable bonds is 3. The van der Waals surface area contributed by atoms with Gasteiger partial charge in [-0.1, -0.05) is 23.6 Å². The van der Waals surface area contributed by atoms with Gasteiger partial charge in [-0.25, -0.2) is 0 Å². The van der Waals surface area contributed by atoms with Crippen molar-refractivity contribution in [1.82, 2.24) is 0 Å². The second kappa shape index (κ2) is 7.41. The molecule has 106 valence electrons. The predicted octanol–water partition coefficient (Wildman–Crippen LogP) is 3.69. The van der Waals surface area contributed by atoms with Crippen molar-refractivity contribution in [3.8, 4) is 23.3 Å². The zero-order valence-corrected chi connectivity index (χ0v) is 12.4. The number of carbonyl (C=O) groups is 1. The van der Waals surface area contributed by atoms with Gasteiger partial charge in [-0.15, -0.1) is 0 Å². The maximum Gasteiger partial charge on any atom is 0.186 e. The van der Waals surface area contributed by atoms with Crippen molar-refractivity contribution in [3.05, 3.63) is 54.1 Å². The van der Waals surface area contributed by atoms with Gasteiger partial charge in [-0.05, 0) is 48.5 Å². The van der Waals surface area contributed by atoms with Gasteiger partial charge in [0, 0.05) is 18.2 Å². The van der Waals surface area contributed by atoms with Crippen molar-refractivity contribution in [1.29, 1.82) is 0 Å². The van der Waals surface area contributed by atoms with Crippen molar-refractivity contribution in [3.63, 3.8) is 0 Å². The number of anilines is 1. The molecule has 0 heterocycles. The van der Waals surface area contributed by atoms with Gasteiger partial charge in [0.1, 0.15) is 11.5 Å². The molecule has 0 aliphatic heterocycles. The topological polar surface area (TPSA) is 52.3 Å². The molecule has 0 spiro atoms. The molecule has 0 aliphatic carbocycles. The van der Waals surface area contributed by atoms with E-state index in [1.54, 1.807) is 12.1 Å². The molecule has 0 fully saturated rings. The summed E-state index contributed by atoms with van der Waals surface area (Å²) in [5.74, 6) is 7.94. The Morgan fingerprint density at radius 3 is 2.24 bits per heavy atom. The lowest BCUT2D eigenvalue weighted by Crippen LogP contribution is -1.87. The standard InChI is InChI=1S/C17H15NO2S/c1-13(19)21-12-2-3-14-4-8-16(9-5-14)20-17-10-6-15(18)7-11-17/h4-11H,12,18H2,1H3. The highest BCUT2D eigenvalue weighted by molar-refractivity contribution is 8.13. The minimum atomic E-state index is 0.0801. The van der Waals surface area contributed by atoms with Gasteiger partial charge in [0.05, 0.1) is 5.75 Å². The van der Waals surface area contributed by atoms with Crippen LogP contribution in [0.3, 0.4) is 0 Å². The van der Waals surface area contributed by atoms with Crippen LogP contribution in [0.2, 0.25) is 0 Å². The Morgan fingerprint density at radius 2 is 1.67 bits per heavy atom. The van der Waals surface area contributed by atoms with E-state index in [2.05, 4.69) is 11.8 Å². The molecule has 2 N–H and O–H groups in total. The molecule has 2 rings (SSSR count). The zero-order chi connectivity index (χ0) is 15.1. The summed E-state index contributed by atoms with van der Waals surface area (Å²) in [4.78, 5) is 10.8. The number of benzene rings is 2. The van der Waals surface area contributed by atoms with E-state index in [0.717, 1.165) is 17.1 Å². The Kier molecular flexibility index (Phi) is 5.30. The van der Waals surface area contributed by atoms with E-state index in [-0.39, 0.29) is 5.12 Å². The Labute approximate surface area is 128 Å². The zero-order valence-electron chi connectivity index (χ0n) is 11.6. The lowest BCUT2D eigenvalue weighted by atomic mass is 10.2. The number of nitrogen functional groups attached to an aromatic ring is 1. The summed E-state index contributed by atoms with van der Waals surface area (Å²) in [6, 6.07) is 14.7. The summed E-state index contributed by atoms with van der Waals surface area (Å²) in [6.45, 7) is 1.54. The predicted molar refractivity (Wildman–Crippen MR) is 87.4 cm³/mol. The lowest BCUT2D eigenvalue weighted by molar-refractivity contribution is -0.109. The molecule has 0 saturated carbocycles. The monoisotopic (exact) mass is 297 g/mol. The third-order valence-electron chi connectivity index (χ3n) is 2.55. The quantitative estimate of drug-likeness (QED) is 0.693. The minimum Gasteiger partial charge on any atom is -0.457 e. The van der Waals surface area contributed by atoms with E-state index in [9.17, 15) is 4.79 Å². The van der Waals surface area contributed by atoms with Gasteiger partial charge in [0.15, 0.2) is 5.12 Å². The van der Waals surface area contributed by atoms with Crippen LogP contribution in [-0.2, 0) is 4.79 Å². The number of hydrogen-bond donors (Lipinski definition) is 1. The van der Waals surface area contributed by atoms with Crippen LogP contribution in [0.4, 0.5) is 5.69 Å². The minimum absolute atomic E-state index is 0.0801. The Bertz CT molecular complexity index is 667. The summed E-state index contributed by atoms with van der Waals surface area (Å²) in [7, 11) is 0.